The number of esters is 1. The van der Waals surface area contributed by atoms with E-state index < -0.39 is 46.6 Å². The zero-order valence-corrected chi connectivity index (χ0v) is 25.5. The molecule has 8 heteroatoms. The van der Waals surface area contributed by atoms with E-state index in [9.17, 15) is 14.4 Å². The molecule has 8 nitrogen and oxygen atoms in total. The molecule has 0 aromatic heterocycles. The van der Waals surface area contributed by atoms with Gasteiger partial charge in [0.2, 0.25) is 0 Å². The van der Waals surface area contributed by atoms with Crippen molar-refractivity contribution in [2.45, 2.75) is 46.7 Å². The van der Waals surface area contributed by atoms with Crippen molar-refractivity contribution in [2.75, 3.05) is 31.0 Å². The van der Waals surface area contributed by atoms with Gasteiger partial charge in [-0.05, 0) is 61.2 Å². The van der Waals surface area contributed by atoms with Crippen LogP contribution in [0, 0.1) is 10.8 Å². The summed E-state index contributed by atoms with van der Waals surface area (Å²) in [7, 11) is 5.18. The summed E-state index contributed by atoms with van der Waals surface area (Å²) in [6.07, 6.45) is 0. The fourth-order valence-electron chi connectivity index (χ4n) is 5.65. The van der Waals surface area contributed by atoms with Gasteiger partial charge in [-0.3, -0.25) is 24.1 Å². The molecule has 0 fully saturated rings. The number of carbonyl (C=O) groups excluding carboxylic acids is 4. The summed E-state index contributed by atoms with van der Waals surface area (Å²) in [5.74, 6) is -2.03. The van der Waals surface area contributed by atoms with Gasteiger partial charge in [-0.2, -0.15) is 0 Å². The van der Waals surface area contributed by atoms with E-state index >= 15 is 4.79 Å². The Morgan fingerprint density at radius 2 is 1.24 bits per heavy atom. The highest BCUT2D eigenvalue weighted by Crippen LogP contribution is 2.44. The molecule has 0 N–H and O–H groups in total. The van der Waals surface area contributed by atoms with E-state index in [0.29, 0.717) is 11.3 Å². The van der Waals surface area contributed by atoms with E-state index in [1.54, 1.807) is 67.3 Å². The van der Waals surface area contributed by atoms with Crippen LogP contribution in [0.4, 0.5) is 11.4 Å². The van der Waals surface area contributed by atoms with E-state index in [0.717, 1.165) is 10.6 Å². The van der Waals surface area contributed by atoms with Gasteiger partial charge >= 0.3 is 5.97 Å². The molecule has 0 bridgehead atoms. The Balaban J connectivity index is 1.96. The molecule has 0 saturated carbocycles. The zero-order chi connectivity index (χ0) is 31.0. The number of imide groups is 1. The molecule has 0 aliphatic carbocycles. The SMILES string of the molecule is COC(=O)C(C)(C)[C@@H](c1ccc(N(C)C)cc1)N(C(=O)[C@@H](N1C(=O)c2ccccc2C1=O)C(C)(C)C)c1ccccc1. The van der Waals surface area contributed by atoms with E-state index in [2.05, 4.69) is 0 Å². The van der Waals surface area contributed by atoms with Crippen LogP contribution < -0.4 is 9.80 Å². The average Bonchev–Trinajstić information content (AvgIpc) is 3.20. The third-order valence-corrected chi connectivity index (χ3v) is 7.79. The van der Waals surface area contributed by atoms with Crippen molar-refractivity contribution in [3.05, 3.63) is 95.6 Å². The Bertz CT molecular complexity index is 1450. The van der Waals surface area contributed by atoms with Gasteiger partial charge in [-0.15, -0.1) is 0 Å². The van der Waals surface area contributed by atoms with Crippen LogP contribution in [0.5, 0.6) is 0 Å². The van der Waals surface area contributed by atoms with Crippen LogP contribution in [0.2, 0.25) is 0 Å². The van der Waals surface area contributed by atoms with E-state index in [1.165, 1.54) is 7.11 Å². The van der Waals surface area contributed by atoms with Crippen molar-refractivity contribution >= 4 is 35.1 Å². The molecule has 1 aliphatic rings. The van der Waals surface area contributed by atoms with Gasteiger partial charge in [-0.1, -0.05) is 63.2 Å². The van der Waals surface area contributed by atoms with E-state index in [4.69, 9.17) is 4.74 Å². The number of hydrogen-bond acceptors (Lipinski definition) is 6. The smallest absolute Gasteiger partial charge is 0.313 e. The third kappa shape index (κ3) is 5.41. The molecule has 0 unspecified atom stereocenters. The summed E-state index contributed by atoms with van der Waals surface area (Å²) < 4.78 is 5.25. The Kier molecular flexibility index (Phi) is 8.30. The second-order valence-electron chi connectivity index (χ2n) is 12.4. The zero-order valence-electron chi connectivity index (χ0n) is 25.5. The van der Waals surface area contributed by atoms with Gasteiger partial charge in [0.05, 0.1) is 29.7 Å². The molecule has 42 heavy (non-hydrogen) atoms. The van der Waals surface area contributed by atoms with Crippen molar-refractivity contribution in [3.8, 4) is 0 Å². The van der Waals surface area contributed by atoms with Crippen molar-refractivity contribution in [3.63, 3.8) is 0 Å². The lowest BCUT2D eigenvalue weighted by Crippen LogP contribution is -2.59. The highest BCUT2D eigenvalue weighted by Gasteiger charge is 2.52. The molecular formula is C34H39N3O5. The number of carbonyl (C=O) groups is 4. The molecule has 4 rings (SSSR count). The summed E-state index contributed by atoms with van der Waals surface area (Å²) >= 11 is 0. The first kappa shape index (κ1) is 30.5. The van der Waals surface area contributed by atoms with Gasteiger partial charge in [0, 0.05) is 25.5 Å². The van der Waals surface area contributed by atoms with Crippen LogP contribution in [-0.2, 0) is 14.3 Å². The minimum atomic E-state index is -1.23. The molecule has 2 atom stereocenters. The van der Waals surface area contributed by atoms with Crippen molar-refractivity contribution in [1.82, 2.24) is 4.90 Å². The standard InChI is InChI=1S/C34H39N3O5/c1-33(2,3)28(37-29(38)25-16-12-13-17-26(25)30(37)39)31(40)36(24-14-10-9-11-15-24)27(34(4,5)32(41)42-8)22-18-20-23(21-19-22)35(6)7/h9-21,27-28H,1-8H3/t27-,28-/m1/s1. The summed E-state index contributed by atoms with van der Waals surface area (Å²) in [6, 6.07) is 21.2. The fraction of sp³-hybridized carbons (Fsp3) is 0.353. The lowest BCUT2D eigenvalue weighted by Gasteiger charge is -2.45. The molecule has 220 valence electrons. The number of hydrogen-bond donors (Lipinski definition) is 0. The van der Waals surface area contributed by atoms with Gasteiger partial charge in [0.1, 0.15) is 6.04 Å². The van der Waals surface area contributed by atoms with Gasteiger partial charge in [-0.25, -0.2) is 0 Å². The molecule has 0 radical (unpaired) electrons. The lowest BCUT2D eigenvalue weighted by molar-refractivity contribution is -0.152. The van der Waals surface area contributed by atoms with Gasteiger partial charge < -0.3 is 14.5 Å². The minimum absolute atomic E-state index is 0.265. The molecule has 1 aliphatic heterocycles. The van der Waals surface area contributed by atoms with Gasteiger partial charge in [0.25, 0.3) is 17.7 Å². The van der Waals surface area contributed by atoms with Crippen molar-refractivity contribution < 1.29 is 23.9 Å². The monoisotopic (exact) mass is 569 g/mol. The summed E-state index contributed by atoms with van der Waals surface area (Å²) in [4.78, 5) is 60.5. The Hall–Kier alpha value is -4.46. The molecule has 3 aromatic rings. The minimum Gasteiger partial charge on any atom is -0.469 e. The molecule has 1 heterocycles. The largest absolute Gasteiger partial charge is 0.469 e. The number of anilines is 2. The number of fused-ring (bicyclic) bond motifs is 1. The first-order valence-electron chi connectivity index (χ1n) is 13.9. The van der Waals surface area contributed by atoms with Crippen LogP contribution in [-0.4, -0.2) is 55.8 Å². The lowest BCUT2D eigenvalue weighted by atomic mass is 9.77. The number of methoxy groups -OCH3 is 1. The van der Waals surface area contributed by atoms with E-state index in [1.807, 2.05) is 70.1 Å². The van der Waals surface area contributed by atoms with E-state index in [-0.39, 0.29) is 11.1 Å². The molecular weight excluding hydrogens is 530 g/mol. The van der Waals surface area contributed by atoms with Crippen LogP contribution in [0.1, 0.15) is 66.9 Å². The summed E-state index contributed by atoms with van der Waals surface area (Å²) in [5, 5.41) is 0. The summed E-state index contributed by atoms with van der Waals surface area (Å²) in [5.41, 5.74) is 0.610. The number of rotatable bonds is 8. The van der Waals surface area contributed by atoms with Crippen LogP contribution in [0.15, 0.2) is 78.9 Å². The average molecular weight is 570 g/mol. The van der Waals surface area contributed by atoms with Crippen molar-refractivity contribution in [1.29, 1.82) is 0 Å². The third-order valence-electron chi connectivity index (χ3n) is 7.79. The predicted octanol–water partition coefficient (Wildman–Crippen LogP) is 5.74. The molecule has 0 spiro atoms. The normalized spacial score (nSPS) is 14.7. The maximum absolute atomic E-state index is 15.1. The Morgan fingerprint density at radius 3 is 1.69 bits per heavy atom. The first-order valence-corrected chi connectivity index (χ1v) is 13.9. The number of ether oxygens (including phenoxy) is 1. The van der Waals surface area contributed by atoms with Crippen LogP contribution in [0.3, 0.4) is 0 Å². The second kappa shape index (κ2) is 11.4. The number of para-hydroxylation sites is 1. The molecule has 0 saturated heterocycles. The second-order valence-corrected chi connectivity index (χ2v) is 12.4. The first-order chi connectivity index (χ1) is 19.7. The summed E-state index contributed by atoms with van der Waals surface area (Å²) in [6.45, 7) is 8.96. The quantitative estimate of drug-likeness (QED) is 0.254. The maximum Gasteiger partial charge on any atom is 0.313 e. The highest BCUT2D eigenvalue weighted by molar-refractivity contribution is 6.23. The fourth-order valence-corrected chi connectivity index (χ4v) is 5.65. The van der Waals surface area contributed by atoms with Crippen molar-refractivity contribution in [2.24, 2.45) is 10.8 Å². The van der Waals surface area contributed by atoms with Crippen LogP contribution >= 0.6 is 0 Å². The number of benzene rings is 3. The predicted molar refractivity (Wildman–Crippen MR) is 163 cm³/mol. The Labute approximate surface area is 247 Å². The topological polar surface area (TPSA) is 87.2 Å². The molecule has 3 amide bonds. The van der Waals surface area contributed by atoms with Gasteiger partial charge in [0.15, 0.2) is 0 Å². The Morgan fingerprint density at radius 1 is 0.738 bits per heavy atom. The molecule has 3 aromatic carbocycles. The highest BCUT2D eigenvalue weighted by atomic mass is 16.5. The number of nitrogens with zero attached hydrogens (tertiary/aromatic N) is 3. The number of amides is 3. The maximum atomic E-state index is 15.1. The van der Waals surface area contributed by atoms with Crippen LogP contribution in [0.25, 0.3) is 0 Å².